The molecule has 5 rings (SSSR count). The summed E-state index contributed by atoms with van der Waals surface area (Å²) in [6, 6.07) is 35.3. The summed E-state index contributed by atoms with van der Waals surface area (Å²) >= 11 is 0. The molecule has 2 N–H and O–H groups in total. The van der Waals surface area contributed by atoms with E-state index in [1.165, 1.54) is 0 Å². The Hall–Kier alpha value is -5.10. The van der Waals surface area contributed by atoms with Crippen LogP contribution in [0.25, 0.3) is 28.4 Å². The lowest BCUT2D eigenvalue weighted by Crippen LogP contribution is -2.10. The van der Waals surface area contributed by atoms with Crippen LogP contribution in [-0.4, -0.2) is 22.2 Å². The van der Waals surface area contributed by atoms with E-state index in [9.17, 15) is 9.59 Å². The minimum Gasteiger partial charge on any atom is -0.477 e. The molecule has 0 spiro atoms. The normalized spacial score (nSPS) is 10.7. The molecule has 0 atom stereocenters. The Morgan fingerprint density at radius 2 is 1.22 bits per heavy atom. The van der Waals surface area contributed by atoms with Gasteiger partial charge in [-0.05, 0) is 72.3 Å². The second-order valence-corrected chi connectivity index (χ2v) is 8.13. The molecule has 5 aromatic rings. The number of carbonyl (C=O) groups is 2. The maximum Gasteiger partial charge on any atom is 0.343 e. The van der Waals surface area contributed by atoms with E-state index in [1.54, 1.807) is 18.2 Å². The molecule has 0 bridgehead atoms. The Bertz CT molecular complexity index is 1510. The van der Waals surface area contributed by atoms with Gasteiger partial charge in [0.15, 0.2) is 0 Å². The monoisotopic (exact) mass is 475 g/mol. The van der Waals surface area contributed by atoms with E-state index in [0.29, 0.717) is 16.9 Å². The highest BCUT2D eigenvalue weighted by Crippen LogP contribution is 2.36. The molecule has 6 heteroatoms. The van der Waals surface area contributed by atoms with Crippen molar-refractivity contribution in [1.29, 1.82) is 0 Å². The van der Waals surface area contributed by atoms with Gasteiger partial charge in [-0.1, -0.05) is 48.5 Å². The van der Waals surface area contributed by atoms with Gasteiger partial charge in [0.2, 0.25) is 0 Å². The molecule has 1 heterocycles. The van der Waals surface area contributed by atoms with Gasteiger partial charge in [0.05, 0.1) is 0 Å². The highest BCUT2D eigenvalue weighted by atomic mass is 16.4. The van der Waals surface area contributed by atoms with Crippen LogP contribution >= 0.6 is 0 Å². The van der Waals surface area contributed by atoms with E-state index in [1.807, 2.05) is 66.7 Å². The molecule has 0 aliphatic heterocycles. The van der Waals surface area contributed by atoms with Crippen LogP contribution in [0.15, 0.2) is 119 Å². The summed E-state index contributed by atoms with van der Waals surface area (Å²) in [4.78, 5) is 24.5. The zero-order valence-electron chi connectivity index (χ0n) is 19.0. The van der Waals surface area contributed by atoms with Crippen molar-refractivity contribution >= 4 is 46.0 Å². The summed E-state index contributed by atoms with van der Waals surface area (Å²) in [7, 11) is 0. The number of anilines is 3. The van der Waals surface area contributed by atoms with E-state index in [-0.39, 0.29) is 0 Å². The van der Waals surface area contributed by atoms with Crippen LogP contribution < -0.4 is 4.90 Å². The number of para-hydroxylation sites is 2. The minimum absolute atomic E-state index is 0.430. The number of benzene rings is 4. The number of carboxylic acid groups (broad SMARTS) is 2. The molecule has 36 heavy (non-hydrogen) atoms. The lowest BCUT2D eigenvalue weighted by Gasteiger charge is -2.25. The predicted molar refractivity (Wildman–Crippen MR) is 140 cm³/mol. The third-order valence-corrected chi connectivity index (χ3v) is 5.75. The molecule has 0 fully saturated rings. The molecule has 0 radical (unpaired) electrons. The van der Waals surface area contributed by atoms with Gasteiger partial charge in [0.25, 0.3) is 0 Å². The van der Waals surface area contributed by atoms with Gasteiger partial charge in [0, 0.05) is 28.0 Å². The fraction of sp³-hybridized carbons (Fsp3) is 0. The number of fused-ring (bicyclic) bond motifs is 1. The maximum atomic E-state index is 11.2. The zero-order valence-corrected chi connectivity index (χ0v) is 19.0. The number of hydrogen-bond donors (Lipinski definition) is 2. The van der Waals surface area contributed by atoms with Gasteiger partial charge in [-0.15, -0.1) is 0 Å². The highest BCUT2D eigenvalue weighted by molar-refractivity contribution is 6.16. The number of carboxylic acids is 2. The van der Waals surface area contributed by atoms with Crippen LogP contribution in [0.5, 0.6) is 0 Å². The smallest absolute Gasteiger partial charge is 0.343 e. The second kappa shape index (κ2) is 9.64. The predicted octanol–water partition coefficient (Wildman–Crippen LogP) is 7.12. The van der Waals surface area contributed by atoms with Gasteiger partial charge < -0.3 is 19.5 Å². The van der Waals surface area contributed by atoms with E-state index in [0.717, 1.165) is 34.1 Å². The first-order valence-corrected chi connectivity index (χ1v) is 11.2. The van der Waals surface area contributed by atoms with Gasteiger partial charge in [-0.25, -0.2) is 9.59 Å². The van der Waals surface area contributed by atoms with Crippen molar-refractivity contribution in [2.24, 2.45) is 0 Å². The van der Waals surface area contributed by atoms with E-state index in [4.69, 9.17) is 14.6 Å². The number of aliphatic carboxylic acids is 2. The summed E-state index contributed by atoms with van der Waals surface area (Å²) in [6.07, 6.45) is 1.11. The van der Waals surface area contributed by atoms with Crippen molar-refractivity contribution in [3.8, 4) is 11.3 Å². The fourth-order valence-corrected chi connectivity index (χ4v) is 4.04. The topological polar surface area (TPSA) is 91.0 Å². The molecule has 1 aromatic heterocycles. The third kappa shape index (κ3) is 4.60. The van der Waals surface area contributed by atoms with Gasteiger partial charge in [-0.3, -0.25) is 0 Å². The molecule has 6 nitrogen and oxygen atoms in total. The average Bonchev–Trinajstić information content (AvgIpc) is 3.32. The molecule has 0 aliphatic rings. The first kappa shape index (κ1) is 22.7. The van der Waals surface area contributed by atoms with Crippen molar-refractivity contribution in [2.45, 2.75) is 0 Å². The fourth-order valence-electron chi connectivity index (χ4n) is 4.04. The molecule has 176 valence electrons. The van der Waals surface area contributed by atoms with Gasteiger partial charge in [0.1, 0.15) is 16.9 Å². The molecular formula is C30H21NO5. The summed E-state index contributed by atoms with van der Waals surface area (Å²) in [5, 5.41) is 19.0. The molecule has 0 saturated carbocycles. The van der Waals surface area contributed by atoms with E-state index < -0.39 is 17.5 Å². The van der Waals surface area contributed by atoms with Crippen molar-refractivity contribution in [3.05, 3.63) is 120 Å². The number of furan rings is 1. The van der Waals surface area contributed by atoms with Crippen molar-refractivity contribution in [1.82, 2.24) is 0 Å². The Morgan fingerprint density at radius 3 is 1.78 bits per heavy atom. The van der Waals surface area contributed by atoms with Gasteiger partial charge in [-0.2, -0.15) is 0 Å². The number of rotatable bonds is 7. The first-order valence-electron chi connectivity index (χ1n) is 11.2. The van der Waals surface area contributed by atoms with Crippen LogP contribution in [-0.2, 0) is 9.59 Å². The molecule has 0 unspecified atom stereocenters. The quantitative estimate of drug-likeness (QED) is 0.148. The Labute approximate surface area is 207 Å². The number of nitrogens with zero attached hydrogens (tertiary/aromatic N) is 1. The van der Waals surface area contributed by atoms with Crippen molar-refractivity contribution < 1.29 is 24.2 Å². The lowest BCUT2D eigenvalue weighted by atomic mass is 10.1. The standard InChI is InChI=1S/C30H21NO5/c32-29(33)26(30(34)35)17-20-11-12-22-19-28(36-27(22)18-20)21-13-15-25(16-14-21)31(23-7-3-1-4-8-23)24-9-5-2-6-10-24/h1-19H,(H,32,33)(H,34,35). The minimum atomic E-state index is -1.50. The molecule has 0 amide bonds. The maximum absolute atomic E-state index is 11.2. The Morgan fingerprint density at radius 1 is 0.667 bits per heavy atom. The Balaban J connectivity index is 1.48. The Kier molecular flexibility index (Phi) is 6.07. The summed E-state index contributed by atoms with van der Waals surface area (Å²) < 4.78 is 6.03. The first-order chi connectivity index (χ1) is 17.5. The summed E-state index contributed by atoms with van der Waals surface area (Å²) in [5.74, 6) is -2.34. The molecule has 4 aromatic carbocycles. The van der Waals surface area contributed by atoms with Crippen LogP contribution in [0.2, 0.25) is 0 Å². The summed E-state index contributed by atoms with van der Waals surface area (Å²) in [5.41, 5.74) is 4.22. The van der Waals surface area contributed by atoms with Crippen LogP contribution in [0.3, 0.4) is 0 Å². The van der Waals surface area contributed by atoms with E-state index >= 15 is 0 Å². The van der Waals surface area contributed by atoms with Crippen LogP contribution in [0.1, 0.15) is 5.56 Å². The molecule has 0 aliphatic carbocycles. The third-order valence-electron chi connectivity index (χ3n) is 5.75. The average molecular weight is 476 g/mol. The van der Waals surface area contributed by atoms with Crippen LogP contribution in [0, 0.1) is 0 Å². The number of hydrogen-bond acceptors (Lipinski definition) is 4. The summed E-state index contributed by atoms with van der Waals surface area (Å²) in [6.45, 7) is 0. The largest absolute Gasteiger partial charge is 0.477 e. The SMILES string of the molecule is O=C(O)C(=Cc1ccc2cc(-c3ccc(N(c4ccccc4)c4ccccc4)cc3)oc2c1)C(=O)O. The van der Waals surface area contributed by atoms with Gasteiger partial charge >= 0.3 is 11.9 Å². The lowest BCUT2D eigenvalue weighted by molar-refractivity contribution is -0.140. The van der Waals surface area contributed by atoms with E-state index in [2.05, 4.69) is 29.2 Å². The van der Waals surface area contributed by atoms with Crippen molar-refractivity contribution in [2.75, 3.05) is 4.90 Å². The van der Waals surface area contributed by atoms with Crippen molar-refractivity contribution in [3.63, 3.8) is 0 Å². The molecule has 0 saturated heterocycles. The molecular weight excluding hydrogens is 454 g/mol. The second-order valence-electron chi connectivity index (χ2n) is 8.13. The zero-order chi connectivity index (χ0) is 25.1. The van der Waals surface area contributed by atoms with Crippen LogP contribution in [0.4, 0.5) is 17.1 Å². The highest BCUT2D eigenvalue weighted by Gasteiger charge is 2.17.